The molecule has 0 amide bonds. The first kappa shape index (κ1) is 14.1. The molecule has 0 unspecified atom stereocenters. The molecule has 0 saturated heterocycles. The van der Waals surface area contributed by atoms with Gasteiger partial charge in [0.2, 0.25) is 0 Å². The Morgan fingerprint density at radius 1 is 1.43 bits per heavy atom. The topological polar surface area (TPSA) is 46.9 Å². The molecule has 1 N–H and O–H groups in total. The Labute approximate surface area is 126 Å². The summed E-state index contributed by atoms with van der Waals surface area (Å²) < 4.78 is 14.7. The number of aromatic nitrogens is 2. The highest BCUT2D eigenvalue weighted by Crippen LogP contribution is 2.22. The molecular formula is C15H15ClFN3O. The molecule has 0 spiro atoms. The number of rotatable bonds is 4. The largest absolute Gasteiger partial charge is 0.381 e. The summed E-state index contributed by atoms with van der Waals surface area (Å²) in [6, 6.07) is 6.49. The molecule has 0 atom stereocenters. The van der Waals surface area contributed by atoms with Crippen LogP contribution in [0.25, 0.3) is 0 Å². The molecule has 1 heterocycles. The predicted octanol–water partition coefficient (Wildman–Crippen LogP) is 3.05. The van der Waals surface area contributed by atoms with Crippen LogP contribution in [0.2, 0.25) is 5.02 Å². The average molecular weight is 308 g/mol. The lowest BCUT2D eigenvalue weighted by atomic mass is 9.93. The van der Waals surface area contributed by atoms with Gasteiger partial charge in [0.05, 0.1) is 23.5 Å². The van der Waals surface area contributed by atoms with Crippen molar-refractivity contribution in [2.24, 2.45) is 0 Å². The van der Waals surface area contributed by atoms with Gasteiger partial charge in [-0.1, -0.05) is 23.7 Å². The fraction of sp³-hybridized carbons (Fsp3) is 0.333. The molecule has 1 aromatic carbocycles. The van der Waals surface area contributed by atoms with Gasteiger partial charge in [-0.2, -0.15) is 5.10 Å². The zero-order valence-corrected chi connectivity index (χ0v) is 12.1. The summed E-state index contributed by atoms with van der Waals surface area (Å²) in [4.78, 5) is 12.1. The first-order chi connectivity index (χ1) is 10.1. The molecule has 0 radical (unpaired) electrons. The SMILES string of the molecule is O=c1cc(NC2CCC2)cnn1Cc1cccc(F)c1Cl. The van der Waals surface area contributed by atoms with Crippen molar-refractivity contribution < 1.29 is 4.39 Å². The summed E-state index contributed by atoms with van der Waals surface area (Å²) in [5.74, 6) is -0.495. The van der Waals surface area contributed by atoms with E-state index in [1.165, 1.54) is 23.2 Å². The molecule has 4 nitrogen and oxygen atoms in total. The molecule has 1 saturated carbocycles. The minimum absolute atomic E-state index is 0.0304. The Morgan fingerprint density at radius 2 is 2.24 bits per heavy atom. The van der Waals surface area contributed by atoms with E-state index >= 15 is 0 Å². The van der Waals surface area contributed by atoms with Gasteiger partial charge in [0.15, 0.2) is 0 Å². The van der Waals surface area contributed by atoms with Crippen LogP contribution in [0.15, 0.2) is 35.3 Å². The normalized spacial score (nSPS) is 14.8. The molecule has 1 fully saturated rings. The summed E-state index contributed by atoms with van der Waals surface area (Å²) in [6.45, 7) is 0.152. The highest BCUT2D eigenvalue weighted by molar-refractivity contribution is 6.31. The summed E-state index contributed by atoms with van der Waals surface area (Å²) in [5, 5.41) is 7.42. The van der Waals surface area contributed by atoms with Gasteiger partial charge >= 0.3 is 0 Å². The van der Waals surface area contributed by atoms with E-state index in [9.17, 15) is 9.18 Å². The van der Waals surface area contributed by atoms with Crippen LogP contribution >= 0.6 is 11.6 Å². The van der Waals surface area contributed by atoms with Gasteiger partial charge in [0.1, 0.15) is 5.82 Å². The Morgan fingerprint density at radius 3 is 2.90 bits per heavy atom. The fourth-order valence-electron chi connectivity index (χ4n) is 2.25. The Balaban J connectivity index is 1.79. The van der Waals surface area contributed by atoms with Crippen molar-refractivity contribution >= 4 is 17.3 Å². The van der Waals surface area contributed by atoms with E-state index in [-0.39, 0.29) is 17.1 Å². The maximum atomic E-state index is 13.4. The first-order valence-electron chi connectivity index (χ1n) is 6.90. The van der Waals surface area contributed by atoms with Gasteiger partial charge in [0, 0.05) is 12.1 Å². The van der Waals surface area contributed by atoms with Crippen LogP contribution < -0.4 is 10.9 Å². The van der Waals surface area contributed by atoms with Crippen molar-refractivity contribution in [3.63, 3.8) is 0 Å². The standard InChI is InChI=1S/C15H15ClFN3O/c16-15-10(3-1-6-13(15)17)9-20-14(21)7-12(8-18-20)19-11-4-2-5-11/h1,3,6-8,11,19H,2,4-5,9H2. The van der Waals surface area contributed by atoms with E-state index in [4.69, 9.17) is 11.6 Å². The number of hydrogen-bond acceptors (Lipinski definition) is 3. The summed E-state index contributed by atoms with van der Waals surface area (Å²) in [6.07, 6.45) is 5.09. The summed E-state index contributed by atoms with van der Waals surface area (Å²) in [7, 11) is 0. The van der Waals surface area contributed by atoms with Crippen LogP contribution in [-0.2, 0) is 6.54 Å². The maximum Gasteiger partial charge on any atom is 0.269 e. The molecule has 6 heteroatoms. The minimum Gasteiger partial charge on any atom is -0.381 e. The van der Waals surface area contributed by atoms with Crippen LogP contribution in [-0.4, -0.2) is 15.8 Å². The number of hydrogen-bond donors (Lipinski definition) is 1. The lowest BCUT2D eigenvalue weighted by Crippen LogP contribution is -2.29. The molecule has 0 bridgehead atoms. The van der Waals surface area contributed by atoms with Crippen molar-refractivity contribution in [3.8, 4) is 0 Å². The summed E-state index contributed by atoms with van der Waals surface area (Å²) in [5.41, 5.74) is 1.02. The molecule has 110 valence electrons. The van der Waals surface area contributed by atoms with E-state index in [1.807, 2.05) is 0 Å². The highest BCUT2D eigenvalue weighted by Gasteiger charge is 2.17. The predicted molar refractivity (Wildman–Crippen MR) is 80.3 cm³/mol. The lowest BCUT2D eigenvalue weighted by molar-refractivity contribution is 0.445. The minimum atomic E-state index is -0.495. The van der Waals surface area contributed by atoms with Crippen molar-refractivity contribution in [3.05, 3.63) is 57.2 Å². The van der Waals surface area contributed by atoms with Crippen LogP contribution in [0, 0.1) is 5.82 Å². The van der Waals surface area contributed by atoms with Gasteiger partial charge in [-0.25, -0.2) is 9.07 Å². The summed E-state index contributed by atoms with van der Waals surface area (Å²) >= 11 is 5.89. The third kappa shape index (κ3) is 3.08. The molecule has 3 rings (SSSR count). The van der Waals surface area contributed by atoms with Gasteiger partial charge in [-0.05, 0) is 30.9 Å². The van der Waals surface area contributed by atoms with Crippen LogP contribution in [0.4, 0.5) is 10.1 Å². The van der Waals surface area contributed by atoms with Crippen molar-refractivity contribution in [1.82, 2.24) is 9.78 Å². The second-order valence-electron chi connectivity index (χ2n) is 5.23. The highest BCUT2D eigenvalue weighted by atomic mass is 35.5. The first-order valence-corrected chi connectivity index (χ1v) is 7.28. The molecule has 1 aromatic heterocycles. The van der Waals surface area contributed by atoms with Crippen LogP contribution in [0.3, 0.4) is 0 Å². The fourth-order valence-corrected chi connectivity index (χ4v) is 2.44. The zero-order chi connectivity index (χ0) is 14.8. The van der Waals surface area contributed by atoms with Crippen molar-refractivity contribution in [2.45, 2.75) is 31.8 Å². The van der Waals surface area contributed by atoms with Gasteiger partial charge < -0.3 is 5.32 Å². The number of anilines is 1. The monoisotopic (exact) mass is 307 g/mol. The van der Waals surface area contributed by atoms with E-state index < -0.39 is 5.82 Å². The second-order valence-corrected chi connectivity index (χ2v) is 5.60. The molecule has 1 aliphatic carbocycles. The third-order valence-electron chi connectivity index (χ3n) is 3.70. The van der Waals surface area contributed by atoms with Gasteiger partial charge in [-0.3, -0.25) is 4.79 Å². The smallest absolute Gasteiger partial charge is 0.269 e. The quantitative estimate of drug-likeness (QED) is 0.944. The third-order valence-corrected chi connectivity index (χ3v) is 4.12. The number of nitrogens with zero attached hydrogens (tertiary/aromatic N) is 2. The number of benzene rings is 1. The van der Waals surface area contributed by atoms with Crippen LogP contribution in [0.1, 0.15) is 24.8 Å². The average Bonchev–Trinajstić information content (AvgIpc) is 2.42. The molecule has 21 heavy (non-hydrogen) atoms. The Kier molecular flexibility index (Phi) is 3.92. The molecule has 2 aromatic rings. The maximum absolute atomic E-state index is 13.4. The lowest BCUT2D eigenvalue weighted by Gasteiger charge is -2.27. The van der Waals surface area contributed by atoms with E-state index in [1.54, 1.807) is 18.3 Å². The Bertz CT molecular complexity index is 712. The van der Waals surface area contributed by atoms with Gasteiger partial charge in [0.25, 0.3) is 5.56 Å². The number of halogens is 2. The Hall–Kier alpha value is -1.88. The molecule has 0 aliphatic heterocycles. The van der Waals surface area contributed by atoms with Crippen molar-refractivity contribution in [1.29, 1.82) is 0 Å². The second kappa shape index (κ2) is 5.85. The zero-order valence-electron chi connectivity index (χ0n) is 11.4. The van der Waals surface area contributed by atoms with Gasteiger partial charge in [-0.15, -0.1) is 0 Å². The van der Waals surface area contributed by atoms with E-state index in [0.29, 0.717) is 11.6 Å². The number of nitrogens with one attached hydrogen (secondary N) is 1. The van der Waals surface area contributed by atoms with E-state index in [0.717, 1.165) is 18.5 Å². The molecular weight excluding hydrogens is 293 g/mol. The molecule has 1 aliphatic rings. The van der Waals surface area contributed by atoms with E-state index in [2.05, 4.69) is 10.4 Å². The van der Waals surface area contributed by atoms with Crippen molar-refractivity contribution in [2.75, 3.05) is 5.32 Å². The van der Waals surface area contributed by atoms with Crippen LogP contribution in [0.5, 0.6) is 0 Å².